The molecule has 1 aliphatic rings. The molecule has 1 atom stereocenters. The highest BCUT2D eigenvalue weighted by Crippen LogP contribution is 2.30. The molecule has 0 unspecified atom stereocenters. The van der Waals surface area contributed by atoms with Crippen molar-refractivity contribution in [1.82, 2.24) is 10.2 Å². The number of methoxy groups -OCH3 is 1. The molecular weight excluding hydrogens is 256 g/mol. The minimum absolute atomic E-state index is 0.202. The Balaban J connectivity index is 2.53. The molecule has 20 heavy (non-hydrogen) atoms. The third-order valence-corrected chi connectivity index (χ3v) is 3.45. The summed E-state index contributed by atoms with van der Waals surface area (Å²) in [6, 6.07) is 8.72. The summed E-state index contributed by atoms with van der Waals surface area (Å²) in [6.07, 6.45) is 0. The molecule has 0 saturated heterocycles. The molecule has 0 spiro atoms. The van der Waals surface area contributed by atoms with Gasteiger partial charge in [0.05, 0.1) is 18.7 Å². The second kappa shape index (κ2) is 5.77. The lowest BCUT2D eigenvalue weighted by molar-refractivity contribution is -0.136. The maximum atomic E-state index is 12.1. The van der Waals surface area contributed by atoms with Crippen LogP contribution in [0, 0.1) is 0 Å². The number of amides is 2. The van der Waals surface area contributed by atoms with Crippen molar-refractivity contribution in [2.45, 2.75) is 19.9 Å². The molecule has 106 valence electrons. The minimum atomic E-state index is -0.473. The number of nitrogens with one attached hydrogen (secondary N) is 1. The van der Waals surface area contributed by atoms with Gasteiger partial charge in [-0.05, 0) is 19.4 Å². The van der Waals surface area contributed by atoms with E-state index in [0.29, 0.717) is 17.8 Å². The van der Waals surface area contributed by atoms with E-state index in [1.54, 1.807) is 6.92 Å². The standard InChI is InChI=1S/C15H18N2O3/c1-4-17-10(2)12(14(18)20-3)13(16-15(17)19)11-8-6-5-7-9-11/h5-9,13H,4H2,1-3H3,(H,16,19)/t13-/m1/s1. The monoisotopic (exact) mass is 274 g/mol. The summed E-state index contributed by atoms with van der Waals surface area (Å²) >= 11 is 0. The van der Waals surface area contributed by atoms with Crippen LogP contribution in [0.5, 0.6) is 0 Å². The van der Waals surface area contributed by atoms with Gasteiger partial charge in [0, 0.05) is 12.2 Å². The van der Waals surface area contributed by atoms with E-state index in [-0.39, 0.29) is 6.03 Å². The van der Waals surface area contributed by atoms with Crippen LogP contribution in [0.15, 0.2) is 41.6 Å². The number of esters is 1. The molecule has 0 aliphatic carbocycles. The Labute approximate surface area is 118 Å². The van der Waals surface area contributed by atoms with Gasteiger partial charge in [0.25, 0.3) is 0 Å². The van der Waals surface area contributed by atoms with Crippen LogP contribution in [0.2, 0.25) is 0 Å². The zero-order valence-corrected chi connectivity index (χ0v) is 11.8. The first-order chi connectivity index (χ1) is 9.60. The molecule has 0 radical (unpaired) electrons. The molecule has 1 heterocycles. The maximum Gasteiger partial charge on any atom is 0.337 e. The van der Waals surface area contributed by atoms with E-state index in [9.17, 15) is 9.59 Å². The first-order valence-electron chi connectivity index (χ1n) is 6.52. The quantitative estimate of drug-likeness (QED) is 0.860. The van der Waals surface area contributed by atoms with Gasteiger partial charge in [-0.25, -0.2) is 9.59 Å². The second-order valence-electron chi connectivity index (χ2n) is 4.53. The van der Waals surface area contributed by atoms with Crippen LogP contribution in [0.3, 0.4) is 0 Å². The second-order valence-corrected chi connectivity index (χ2v) is 4.53. The van der Waals surface area contributed by atoms with Crippen LogP contribution < -0.4 is 5.32 Å². The Hall–Kier alpha value is -2.30. The van der Waals surface area contributed by atoms with Gasteiger partial charge in [-0.3, -0.25) is 4.90 Å². The average molecular weight is 274 g/mol. The number of urea groups is 1. The van der Waals surface area contributed by atoms with E-state index in [2.05, 4.69) is 5.32 Å². The molecule has 0 bridgehead atoms. The number of carbonyl (C=O) groups excluding carboxylic acids is 2. The molecule has 2 amide bonds. The van der Waals surface area contributed by atoms with E-state index in [0.717, 1.165) is 5.56 Å². The minimum Gasteiger partial charge on any atom is -0.466 e. The molecule has 5 nitrogen and oxygen atoms in total. The Morgan fingerprint density at radius 1 is 1.35 bits per heavy atom. The third kappa shape index (κ3) is 2.39. The van der Waals surface area contributed by atoms with Gasteiger partial charge < -0.3 is 10.1 Å². The zero-order chi connectivity index (χ0) is 14.7. The van der Waals surface area contributed by atoms with E-state index < -0.39 is 12.0 Å². The highest BCUT2D eigenvalue weighted by molar-refractivity contribution is 5.94. The lowest BCUT2D eigenvalue weighted by Gasteiger charge is -2.34. The first kappa shape index (κ1) is 14.1. The van der Waals surface area contributed by atoms with Crippen molar-refractivity contribution in [1.29, 1.82) is 0 Å². The van der Waals surface area contributed by atoms with E-state index in [1.807, 2.05) is 37.3 Å². The van der Waals surface area contributed by atoms with Gasteiger partial charge in [0.2, 0.25) is 0 Å². The van der Waals surface area contributed by atoms with Crippen molar-refractivity contribution in [3.8, 4) is 0 Å². The summed E-state index contributed by atoms with van der Waals surface area (Å²) in [6.45, 7) is 4.13. The number of ether oxygens (including phenoxy) is 1. The Morgan fingerprint density at radius 3 is 2.55 bits per heavy atom. The molecule has 2 rings (SSSR count). The SMILES string of the molecule is CCN1C(=O)N[C@H](c2ccccc2)C(C(=O)OC)=C1C. The van der Waals surface area contributed by atoms with Crippen LogP contribution in [-0.2, 0) is 9.53 Å². The molecule has 0 fully saturated rings. The van der Waals surface area contributed by atoms with Crippen molar-refractivity contribution in [3.05, 3.63) is 47.2 Å². The van der Waals surface area contributed by atoms with Gasteiger partial charge in [-0.15, -0.1) is 0 Å². The summed E-state index contributed by atoms with van der Waals surface area (Å²) in [5.41, 5.74) is 1.97. The van der Waals surface area contributed by atoms with E-state index in [4.69, 9.17) is 4.74 Å². The molecule has 1 aromatic rings. The summed E-state index contributed by atoms with van der Waals surface area (Å²) in [4.78, 5) is 25.7. The fourth-order valence-corrected chi connectivity index (χ4v) is 2.43. The third-order valence-electron chi connectivity index (χ3n) is 3.45. The maximum absolute atomic E-state index is 12.1. The Morgan fingerprint density at radius 2 is 2.00 bits per heavy atom. The van der Waals surface area contributed by atoms with Crippen molar-refractivity contribution >= 4 is 12.0 Å². The number of hydrogen-bond acceptors (Lipinski definition) is 3. The van der Waals surface area contributed by atoms with E-state index in [1.165, 1.54) is 12.0 Å². The van der Waals surface area contributed by atoms with Gasteiger partial charge in [-0.1, -0.05) is 30.3 Å². The highest BCUT2D eigenvalue weighted by atomic mass is 16.5. The fourth-order valence-electron chi connectivity index (χ4n) is 2.43. The molecule has 0 aromatic heterocycles. The van der Waals surface area contributed by atoms with Crippen LogP contribution >= 0.6 is 0 Å². The Bertz CT molecular complexity index is 551. The van der Waals surface area contributed by atoms with Crippen molar-refractivity contribution in [2.75, 3.05) is 13.7 Å². The number of hydrogen-bond donors (Lipinski definition) is 1. The topological polar surface area (TPSA) is 58.6 Å². The molecule has 1 aromatic carbocycles. The molecular formula is C15H18N2O3. The number of benzene rings is 1. The number of nitrogens with zero attached hydrogens (tertiary/aromatic N) is 1. The lowest BCUT2D eigenvalue weighted by atomic mass is 9.95. The van der Waals surface area contributed by atoms with Gasteiger partial charge in [-0.2, -0.15) is 0 Å². The number of rotatable bonds is 3. The van der Waals surface area contributed by atoms with Gasteiger partial charge in [0.1, 0.15) is 0 Å². The molecule has 1 N–H and O–H groups in total. The Kier molecular flexibility index (Phi) is 4.08. The summed E-state index contributed by atoms with van der Waals surface area (Å²) in [7, 11) is 1.34. The molecule has 5 heteroatoms. The van der Waals surface area contributed by atoms with Gasteiger partial charge >= 0.3 is 12.0 Å². The normalized spacial score (nSPS) is 18.9. The molecule has 1 aliphatic heterocycles. The smallest absolute Gasteiger partial charge is 0.337 e. The number of allylic oxidation sites excluding steroid dienone is 1. The molecule has 0 saturated carbocycles. The lowest BCUT2D eigenvalue weighted by Crippen LogP contribution is -2.47. The van der Waals surface area contributed by atoms with Crippen LogP contribution in [0.1, 0.15) is 25.5 Å². The van der Waals surface area contributed by atoms with Crippen LogP contribution in [0.4, 0.5) is 4.79 Å². The predicted molar refractivity (Wildman–Crippen MR) is 74.8 cm³/mol. The van der Waals surface area contributed by atoms with Crippen molar-refractivity contribution < 1.29 is 14.3 Å². The van der Waals surface area contributed by atoms with Crippen LogP contribution in [-0.4, -0.2) is 30.6 Å². The fraction of sp³-hybridized carbons (Fsp3) is 0.333. The largest absolute Gasteiger partial charge is 0.466 e. The average Bonchev–Trinajstić information content (AvgIpc) is 2.47. The number of carbonyl (C=O) groups is 2. The predicted octanol–water partition coefficient (Wildman–Crippen LogP) is 2.22. The van der Waals surface area contributed by atoms with Crippen molar-refractivity contribution in [3.63, 3.8) is 0 Å². The highest BCUT2D eigenvalue weighted by Gasteiger charge is 2.35. The summed E-state index contributed by atoms with van der Waals surface area (Å²) < 4.78 is 4.87. The zero-order valence-electron chi connectivity index (χ0n) is 11.8. The van der Waals surface area contributed by atoms with E-state index >= 15 is 0 Å². The van der Waals surface area contributed by atoms with Gasteiger partial charge in [0.15, 0.2) is 0 Å². The summed E-state index contributed by atoms with van der Waals surface area (Å²) in [5, 5.41) is 2.86. The van der Waals surface area contributed by atoms with Crippen molar-refractivity contribution in [2.24, 2.45) is 0 Å². The summed E-state index contributed by atoms with van der Waals surface area (Å²) in [5.74, 6) is -0.421. The van der Waals surface area contributed by atoms with Crippen LogP contribution in [0.25, 0.3) is 0 Å². The first-order valence-corrected chi connectivity index (χ1v) is 6.52.